The van der Waals surface area contributed by atoms with Crippen molar-refractivity contribution in [1.82, 2.24) is 15.1 Å². The minimum atomic E-state index is -0.216. The molecule has 0 bridgehead atoms. The molecule has 1 aromatic heterocycles. The molecule has 1 atom stereocenters. The molecule has 4 heteroatoms. The zero-order valence-corrected chi connectivity index (χ0v) is 11.2. The Bertz CT molecular complexity index is 560. The monoisotopic (exact) mass is 247 g/mol. The molecule has 2 rings (SSSR count). The first-order chi connectivity index (χ1) is 8.54. The predicted molar refractivity (Wildman–Crippen MR) is 70.0 cm³/mol. The van der Waals surface area contributed by atoms with E-state index in [1.54, 1.807) is 12.1 Å². The van der Waals surface area contributed by atoms with Gasteiger partial charge in [-0.1, -0.05) is 12.1 Å². The minimum Gasteiger partial charge on any atom is -0.309 e. The minimum absolute atomic E-state index is 0.0330. The molecule has 0 aliphatic rings. The van der Waals surface area contributed by atoms with E-state index < -0.39 is 0 Å². The Morgan fingerprint density at radius 3 is 2.56 bits per heavy atom. The van der Waals surface area contributed by atoms with Crippen LogP contribution in [0.25, 0.3) is 0 Å². The van der Waals surface area contributed by atoms with Crippen molar-refractivity contribution in [1.29, 1.82) is 0 Å². The van der Waals surface area contributed by atoms with E-state index in [1.807, 2.05) is 38.7 Å². The van der Waals surface area contributed by atoms with E-state index in [1.165, 1.54) is 6.07 Å². The molecule has 2 aromatic rings. The molecule has 0 spiro atoms. The average Bonchev–Trinajstić information content (AvgIpc) is 2.57. The van der Waals surface area contributed by atoms with E-state index in [0.29, 0.717) is 0 Å². The first kappa shape index (κ1) is 12.8. The van der Waals surface area contributed by atoms with Crippen LogP contribution in [0, 0.1) is 19.7 Å². The van der Waals surface area contributed by atoms with Gasteiger partial charge in [0, 0.05) is 18.3 Å². The van der Waals surface area contributed by atoms with Gasteiger partial charge in [-0.2, -0.15) is 5.10 Å². The Morgan fingerprint density at radius 2 is 2.06 bits per heavy atom. The highest BCUT2D eigenvalue weighted by Crippen LogP contribution is 2.27. The Kier molecular flexibility index (Phi) is 3.48. The maximum atomic E-state index is 13.3. The predicted octanol–water partition coefficient (Wildman–Crippen LogP) is 2.48. The Labute approximate surface area is 107 Å². The largest absolute Gasteiger partial charge is 0.309 e. The lowest BCUT2D eigenvalue weighted by Gasteiger charge is -2.17. The van der Waals surface area contributed by atoms with Gasteiger partial charge in [0.2, 0.25) is 0 Å². The molecule has 96 valence electrons. The van der Waals surface area contributed by atoms with E-state index in [-0.39, 0.29) is 11.9 Å². The molecule has 1 aromatic carbocycles. The van der Waals surface area contributed by atoms with Crippen LogP contribution in [0.3, 0.4) is 0 Å². The number of hydrogen-bond acceptors (Lipinski definition) is 2. The van der Waals surface area contributed by atoms with Crippen molar-refractivity contribution >= 4 is 0 Å². The quantitative estimate of drug-likeness (QED) is 0.903. The molecule has 18 heavy (non-hydrogen) atoms. The molecule has 0 amide bonds. The number of aromatic nitrogens is 2. The Hall–Kier alpha value is -1.68. The van der Waals surface area contributed by atoms with Gasteiger partial charge in [0.1, 0.15) is 5.82 Å². The normalized spacial score (nSPS) is 12.7. The molecule has 0 saturated heterocycles. The van der Waals surface area contributed by atoms with Crippen molar-refractivity contribution < 1.29 is 4.39 Å². The second-order valence-corrected chi connectivity index (χ2v) is 4.48. The summed E-state index contributed by atoms with van der Waals surface area (Å²) >= 11 is 0. The van der Waals surface area contributed by atoms with Gasteiger partial charge in [-0.25, -0.2) is 4.39 Å². The van der Waals surface area contributed by atoms with Crippen LogP contribution in [0.4, 0.5) is 4.39 Å². The maximum Gasteiger partial charge on any atom is 0.123 e. The summed E-state index contributed by atoms with van der Waals surface area (Å²) in [5.41, 5.74) is 4.09. The third-order valence-corrected chi connectivity index (χ3v) is 3.32. The lowest BCUT2D eigenvalue weighted by molar-refractivity contribution is 0.615. The number of halogens is 1. The summed E-state index contributed by atoms with van der Waals surface area (Å²) in [5, 5.41) is 7.65. The van der Waals surface area contributed by atoms with Crippen LogP contribution >= 0.6 is 0 Å². The second kappa shape index (κ2) is 4.90. The highest BCUT2D eigenvalue weighted by atomic mass is 19.1. The third-order valence-electron chi connectivity index (χ3n) is 3.32. The third kappa shape index (κ3) is 2.16. The Morgan fingerprint density at radius 1 is 1.33 bits per heavy atom. The first-order valence-corrected chi connectivity index (χ1v) is 5.97. The molecule has 0 radical (unpaired) electrons. The van der Waals surface area contributed by atoms with Gasteiger partial charge in [0.05, 0.1) is 11.7 Å². The Balaban J connectivity index is 2.52. The summed E-state index contributed by atoms with van der Waals surface area (Å²) in [5.74, 6) is -0.216. The highest BCUT2D eigenvalue weighted by Gasteiger charge is 2.20. The summed E-state index contributed by atoms with van der Waals surface area (Å²) in [6, 6.07) is 6.65. The zero-order valence-electron chi connectivity index (χ0n) is 11.2. The summed E-state index contributed by atoms with van der Waals surface area (Å²) in [6.45, 7) is 4.00. The smallest absolute Gasteiger partial charge is 0.123 e. The molecule has 0 saturated carbocycles. The van der Waals surface area contributed by atoms with E-state index in [4.69, 9.17) is 0 Å². The molecule has 1 N–H and O–H groups in total. The van der Waals surface area contributed by atoms with Crippen LogP contribution in [-0.2, 0) is 7.05 Å². The van der Waals surface area contributed by atoms with Crippen LogP contribution in [0.1, 0.15) is 28.6 Å². The van der Waals surface area contributed by atoms with Crippen LogP contribution in [0.5, 0.6) is 0 Å². The molecule has 1 heterocycles. The summed E-state index contributed by atoms with van der Waals surface area (Å²) < 4.78 is 15.2. The zero-order chi connectivity index (χ0) is 13.3. The van der Waals surface area contributed by atoms with Gasteiger partial charge in [-0.15, -0.1) is 0 Å². The van der Waals surface area contributed by atoms with Crippen molar-refractivity contribution in [3.63, 3.8) is 0 Å². The number of nitrogens with zero attached hydrogens (tertiary/aromatic N) is 2. The highest BCUT2D eigenvalue weighted by molar-refractivity contribution is 5.37. The molecule has 0 fully saturated rings. The second-order valence-electron chi connectivity index (χ2n) is 4.48. The lowest BCUT2D eigenvalue weighted by Crippen LogP contribution is -2.19. The number of nitrogens with one attached hydrogen (secondary N) is 1. The first-order valence-electron chi connectivity index (χ1n) is 5.97. The molecule has 3 nitrogen and oxygen atoms in total. The molecular weight excluding hydrogens is 229 g/mol. The van der Waals surface area contributed by atoms with Crippen molar-refractivity contribution in [2.75, 3.05) is 7.05 Å². The maximum absolute atomic E-state index is 13.3. The van der Waals surface area contributed by atoms with Crippen LogP contribution in [0.2, 0.25) is 0 Å². The van der Waals surface area contributed by atoms with Crippen LogP contribution in [-0.4, -0.2) is 16.8 Å². The van der Waals surface area contributed by atoms with Gasteiger partial charge >= 0.3 is 0 Å². The SMILES string of the molecule is CNC(c1cccc(F)c1)c1c(C)nn(C)c1C. The molecule has 0 aliphatic heterocycles. The fourth-order valence-electron chi connectivity index (χ4n) is 2.37. The number of rotatable bonds is 3. The number of aryl methyl sites for hydroxylation is 2. The van der Waals surface area contributed by atoms with Gasteiger partial charge in [-0.3, -0.25) is 4.68 Å². The van der Waals surface area contributed by atoms with Gasteiger partial charge in [0.15, 0.2) is 0 Å². The van der Waals surface area contributed by atoms with Crippen molar-refractivity contribution in [3.8, 4) is 0 Å². The molecule has 1 unspecified atom stereocenters. The standard InChI is InChI=1S/C14H18FN3/c1-9-13(10(2)18(4)17-9)14(16-3)11-6-5-7-12(15)8-11/h5-8,14,16H,1-4H3. The number of hydrogen-bond donors (Lipinski definition) is 1. The van der Waals surface area contributed by atoms with Crippen LogP contribution in [0.15, 0.2) is 24.3 Å². The van der Waals surface area contributed by atoms with Crippen molar-refractivity contribution in [2.24, 2.45) is 7.05 Å². The average molecular weight is 247 g/mol. The summed E-state index contributed by atoms with van der Waals surface area (Å²) in [7, 11) is 3.80. The lowest BCUT2D eigenvalue weighted by atomic mass is 9.97. The number of benzene rings is 1. The van der Waals surface area contributed by atoms with Gasteiger partial charge in [-0.05, 0) is 38.6 Å². The van der Waals surface area contributed by atoms with E-state index in [2.05, 4.69) is 10.4 Å². The van der Waals surface area contributed by atoms with Crippen LogP contribution < -0.4 is 5.32 Å². The van der Waals surface area contributed by atoms with Crippen molar-refractivity contribution in [2.45, 2.75) is 19.9 Å². The summed E-state index contributed by atoms with van der Waals surface area (Å²) in [6.07, 6.45) is 0. The van der Waals surface area contributed by atoms with Gasteiger partial charge < -0.3 is 5.32 Å². The van der Waals surface area contributed by atoms with Gasteiger partial charge in [0.25, 0.3) is 0 Å². The van der Waals surface area contributed by atoms with E-state index in [0.717, 1.165) is 22.5 Å². The topological polar surface area (TPSA) is 29.9 Å². The fourth-order valence-corrected chi connectivity index (χ4v) is 2.37. The molecule has 0 aliphatic carbocycles. The fraction of sp³-hybridized carbons (Fsp3) is 0.357. The van der Waals surface area contributed by atoms with E-state index >= 15 is 0 Å². The van der Waals surface area contributed by atoms with Crippen molar-refractivity contribution in [3.05, 3.63) is 52.6 Å². The van der Waals surface area contributed by atoms with E-state index in [9.17, 15) is 4.39 Å². The molecular formula is C14H18FN3. The summed E-state index contributed by atoms with van der Waals surface area (Å²) in [4.78, 5) is 0.